The van der Waals surface area contributed by atoms with Crippen LogP contribution < -0.4 is 5.73 Å². The number of benzene rings is 1. The van der Waals surface area contributed by atoms with Crippen LogP contribution in [0, 0.1) is 13.1 Å². The summed E-state index contributed by atoms with van der Waals surface area (Å²) in [6.45, 7) is 13.4. The molecule has 3 N–H and O–H groups in total. The van der Waals surface area contributed by atoms with Crippen molar-refractivity contribution in [1.82, 2.24) is 0 Å². The van der Waals surface area contributed by atoms with Crippen LogP contribution in [0.4, 0.5) is 17.1 Å². The average molecular weight is 159 g/mol. The molecule has 0 amide bonds. The molecule has 0 aliphatic rings. The highest BCUT2D eigenvalue weighted by Crippen LogP contribution is 2.35. The van der Waals surface area contributed by atoms with E-state index in [0.29, 0.717) is 0 Å². The van der Waals surface area contributed by atoms with E-state index in [2.05, 4.69) is 9.69 Å². The molecule has 0 fully saturated rings. The van der Waals surface area contributed by atoms with Gasteiger partial charge in [-0.05, 0) is 12.1 Å². The molecule has 1 aromatic rings. The summed E-state index contributed by atoms with van der Waals surface area (Å²) in [5.41, 5.74) is 5.73. The van der Waals surface area contributed by atoms with Gasteiger partial charge in [0.2, 0.25) is 0 Å². The van der Waals surface area contributed by atoms with Crippen LogP contribution in [-0.2, 0) is 0 Å². The van der Waals surface area contributed by atoms with Gasteiger partial charge in [-0.15, -0.1) is 0 Å². The third-order valence-electron chi connectivity index (χ3n) is 1.36. The normalized spacial score (nSPS) is 8.50. The largest absolute Gasteiger partial charge is 0.507 e. The highest BCUT2D eigenvalue weighted by Gasteiger charge is 2.05. The van der Waals surface area contributed by atoms with Crippen molar-refractivity contribution in [3.05, 3.63) is 35.0 Å². The second-order valence-corrected chi connectivity index (χ2v) is 2.12. The third kappa shape index (κ3) is 1.14. The lowest BCUT2D eigenvalue weighted by Crippen LogP contribution is -1.83. The molecule has 0 aliphatic carbocycles. The molecule has 4 nitrogen and oxygen atoms in total. The summed E-state index contributed by atoms with van der Waals surface area (Å²) in [5, 5.41) is 9.08. The van der Waals surface area contributed by atoms with E-state index in [9.17, 15) is 0 Å². The summed E-state index contributed by atoms with van der Waals surface area (Å²) in [7, 11) is 0. The Kier molecular flexibility index (Phi) is 1.85. The Morgan fingerprint density at radius 2 is 1.67 bits per heavy atom. The SMILES string of the molecule is [C-]#[N+]c1cc(N)c(O)cc1[N+]#[C-]. The molecule has 0 saturated heterocycles. The number of anilines is 1. The average Bonchev–Trinajstić information content (AvgIpc) is 2.09. The molecule has 0 heterocycles. The third-order valence-corrected chi connectivity index (χ3v) is 1.36. The van der Waals surface area contributed by atoms with Gasteiger partial charge in [0.05, 0.1) is 18.8 Å². The van der Waals surface area contributed by atoms with Crippen molar-refractivity contribution in [1.29, 1.82) is 0 Å². The topological polar surface area (TPSA) is 55.0 Å². The Morgan fingerprint density at radius 3 is 2.17 bits per heavy atom. The van der Waals surface area contributed by atoms with Gasteiger partial charge in [-0.2, -0.15) is 0 Å². The predicted molar refractivity (Wildman–Crippen MR) is 45.0 cm³/mol. The molecule has 0 unspecified atom stereocenters. The number of nitrogens with zero attached hydrogens (tertiary/aromatic N) is 2. The van der Waals surface area contributed by atoms with Gasteiger partial charge in [0.1, 0.15) is 5.75 Å². The quantitative estimate of drug-likeness (QED) is 0.346. The number of hydrogen-bond acceptors (Lipinski definition) is 2. The smallest absolute Gasteiger partial charge is 0.198 e. The Balaban J connectivity index is 3.44. The van der Waals surface area contributed by atoms with Crippen LogP contribution in [0.5, 0.6) is 5.75 Å². The predicted octanol–water partition coefficient (Wildman–Crippen LogP) is 2.08. The van der Waals surface area contributed by atoms with Crippen LogP contribution in [0.3, 0.4) is 0 Å². The first-order valence-corrected chi connectivity index (χ1v) is 3.06. The van der Waals surface area contributed by atoms with Gasteiger partial charge in [0.25, 0.3) is 0 Å². The van der Waals surface area contributed by atoms with E-state index >= 15 is 0 Å². The maximum absolute atomic E-state index is 9.08. The molecular weight excluding hydrogens is 154 g/mol. The van der Waals surface area contributed by atoms with E-state index in [1.165, 1.54) is 12.1 Å². The minimum absolute atomic E-state index is 0.119. The Hall–Kier alpha value is -2.20. The van der Waals surface area contributed by atoms with E-state index in [1.807, 2.05) is 0 Å². The summed E-state index contributed by atoms with van der Waals surface area (Å²) in [6, 6.07) is 2.48. The van der Waals surface area contributed by atoms with E-state index in [-0.39, 0.29) is 22.8 Å². The first-order chi connectivity index (χ1) is 5.69. The molecule has 0 bridgehead atoms. The van der Waals surface area contributed by atoms with Gasteiger partial charge in [-0.3, -0.25) is 4.85 Å². The number of nitrogens with two attached hydrogens (primary N) is 1. The molecule has 0 radical (unpaired) electrons. The minimum Gasteiger partial charge on any atom is -0.507 e. The van der Waals surface area contributed by atoms with Gasteiger partial charge < -0.3 is 10.8 Å². The molecule has 0 aliphatic heterocycles. The lowest BCUT2D eigenvalue weighted by molar-refractivity contribution is 0.478. The number of aromatic hydroxyl groups is 1. The fraction of sp³-hybridized carbons (Fsp3) is 0. The lowest BCUT2D eigenvalue weighted by atomic mass is 10.2. The summed E-state index contributed by atoms with van der Waals surface area (Å²) in [6.07, 6.45) is 0. The lowest BCUT2D eigenvalue weighted by Gasteiger charge is -1.99. The Morgan fingerprint density at radius 1 is 1.17 bits per heavy atom. The molecule has 4 heteroatoms. The zero-order valence-electron chi connectivity index (χ0n) is 6.07. The molecule has 0 atom stereocenters. The number of rotatable bonds is 0. The number of phenolic OH excluding ortho intramolecular Hbond substituents is 1. The molecule has 0 aromatic heterocycles. The maximum Gasteiger partial charge on any atom is 0.198 e. The van der Waals surface area contributed by atoms with Crippen molar-refractivity contribution in [2.75, 3.05) is 5.73 Å². The zero-order chi connectivity index (χ0) is 9.14. The van der Waals surface area contributed by atoms with Gasteiger partial charge >= 0.3 is 0 Å². The van der Waals surface area contributed by atoms with Crippen molar-refractivity contribution in [3.63, 3.8) is 0 Å². The van der Waals surface area contributed by atoms with Gasteiger partial charge in [-0.1, -0.05) is 0 Å². The highest BCUT2D eigenvalue weighted by atomic mass is 16.3. The molecule has 0 spiro atoms. The van der Waals surface area contributed by atoms with Crippen LogP contribution in [0.15, 0.2) is 12.1 Å². The van der Waals surface area contributed by atoms with Crippen LogP contribution >= 0.6 is 0 Å². The van der Waals surface area contributed by atoms with Crippen molar-refractivity contribution < 1.29 is 5.11 Å². The first kappa shape index (κ1) is 7.90. The summed E-state index contributed by atoms with van der Waals surface area (Å²) in [4.78, 5) is 6.15. The van der Waals surface area contributed by atoms with Crippen molar-refractivity contribution in [2.45, 2.75) is 0 Å². The zero-order valence-corrected chi connectivity index (χ0v) is 6.07. The summed E-state index contributed by atoms with van der Waals surface area (Å²) >= 11 is 0. The van der Waals surface area contributed by atoms with Crippen molar-refractivity contribution >= 4 is 17.1 Å². The maximum atomic E-state index is 9.08. The van der Waals surface area contributed by atoms with Crippen LogP contribution in [0.2, 0.25) is 0 Å². The fourth-order valence-electron chi connectivity index (χ4n) is 0.761. The fourth-order valence-corrected chi connectivity index (χ4v) is 0.761. The molecule has 1 aromatic carbocycles. The van der Waals surface area contributed by atoms with Crippen molar-refractivity contribution in [3.8, 4) is 5.75 Å². The molecule has 58 valence electrons. The Bertz CT molecular complexity index is 359. The minimum atomic E-state index is -0.159. The van der Waals surface area contributed by atoms with E-state index in [0.717, 1.165) is 0 Å². The number of phenols is 1. The number of hydrogen-bond donors (Lipinski definition) is 2. The summed E-state index contributed by atoms with van der Waals surface area (Å²) in [5.74, 6) is -0.159. The molecule has 1 rings (SSSR count). The molecule has 12 heavy (non-hydrogen) atoms. The van der Waals surface area contributed by atoms with E-state index in [1.54, 1.807) is 0 Å². The van der Waals surface area contributed by atoms with Crippen molar-refractivity contribution in [2.24, 2.45) is 0 Å². The van der Waals surface area contributed by atoms with Crippen LogP contribution in [0.25, 0.3) is 9.69 Å². The monoisotopic (exact) mass is 159 g/mol. The Labute approximate surface area is 69.5 Å². The van der Waals surface area contributed by atoms with E-state index in [4.69, 9.17) is 24.0 Å². The van der Waals surface area contributed by atoms with Gasteiger partial charge in [0.15, 0.2) is 11.4 Å². The van der Waals surface area contributed by atoms with Gasteiger partial charge in [-0.25, -0.2) is 4.85 Å². The molecule has 0 saturated carbocycles. The second-order valence-electron chi connectivity index (χ2n) is 2.12. The summed E-state index contributed by atoms with van der Waals surface area (Å²) < 4.78 is 0. The second kappa shape index (κ2) is 2.81. The first-order valence-electron chi connectivity index (χ1n) is 3.06. The number of nitrogen functional groups attached to an aromatic ring is 1. The van der Waals surface area contributed by atoms with Gasteiger partial charge in [0, 0.05) is 0 Å². The van der Waals surface area contributed by atoms with Crippen LogP contribution in [-0.4, -0.2) is 5.11 Å². The van der Waals surface area contributed by atoms with E-state index < -0.39 is 0 Å². The van der Waals surface area contributed by atoms with Crippen LogP contribution in [0.1, 0.15) is 0 Å². The molecular formula is C8H5N3O. The highest BCUT2D eigenvalue weighted by molar-refractivity contribution is 5.78. The standard InChI is InChI=1S/C8H5N3O/c1-10-6-3-5(9)8(12)4-7(6)11-2/h3-4,12H,9H2.